The normalized spacial score (nSPS) is 10.9. The number of ether oxygens (including phenoxy) is 6. The third-order valence-corrected chi connectivity index (χ3v) is 4.03. The van der Waals surface area contributed by atoms with Gasteiger partial charge < -0.3 is 28.4 Å². The van der Waals surface area contributed by atoms with Crippen LogP contribution in [0.15, 0.2) is 25.3 Å². The fraction of sp³-hybridized carbons (Fsp3) is 0.667. The number of esters is 3. The van der Waals surface area contributed by atoms with E-state index in [1.165, 1.54) is 0 Å². The Morgan fingerprint density at radius 1 is 0.700 bits per heavy atom. The van der Waals surface area contributed by atoms with Crippen LogP contribution >= 0.6 is 0 Å². The standard InChI is InChI=1S/C21H34O9/c1-5-18(22)28-12-9-25-15-21(8-4,16-26-10-13-29-19(23)6-2)17-27-11-14-30-20(24)7-3/h5-6H,1-2,7-17H2,3-4H3. The summed E-state index contributed by atoms with van der Waals surface area (Å²) in [5.41, 5.74) is -0.473. The zero-order valence-electron chi connectivity index (χ0n) is 18.0. The van der Waals surface area contributed by atoms with Gasteiger partial charge in [-0.1, -0.05) is 27.0 Å². The summed E-state index contributed by atoms with van der Waals surface area (Å²) in [6.07, 6.45) is 3.17. The Morgan fingerprint density at radius 2 is 1.10 bits per heavy atom. The van der Waals surface area contributed by atoms with Gasteiger partial charge in [0.2, 0.25) is 0 Å². The van der Waals surface area contributed by atoms with Crippen LogP contribution in [0.5, 0.6) is 0 Å². The first-order chi connectivity index (χ1) is 14.4. The first kappa shape index (κ1) is 27.8. The number of hydrogen-bond donors (Lipinski definition) is 0. The Balaban J connectivity index is 4.50. The van der Waals surface area contributed by atoms with E-state index in [1.54, 1.807) is 6.92 Å². The quantitative estimate of drug-likeness (QED) is 0.131. The Hall–Kier alpha value is -2.23. The molecular weight excluding hydrogens is 396 g/mol. The first-order valence-electron chi connectivity index (χ1n) is 9.90. The van der Waals surface area contributed by atoms with Crippen LogP contribution in [0.2, 0.25) is 0 Å². The smallest absolute Gasteiger partial charge is 0.330 e. The van der Waals surface area contributed by atoms with Crippen LogP contribution in [0.3, 0.4) is 0 Å². The van der Waals surface area contributed by atoms with Crippen molar-refractivity contribution in [2.24, 2.45) is 5.41 Å². The lowest BCUT2D eigenvalue weighted by Crippen LogP contribution is -2.38. The van der Waals surface area contributed by atoms with E-state index in [2.05, 4.69) is 13.2 Å². The molecule has 0 saturated heterocycles. The second kappa shape index (κ2) is 17.6. The van der Waals surface area contributed by atoms with Crippen LogP contribution in [0.25, 0.3) is 0 Å². The summed E-state index contributed by atoms with van der Waals surface area (Å²) in [7, 11) is 0. The number of hydrogen-bond acceptors (Lipinski definition) is 9. The average molecular weight is 430 g/mol. The second-order valence-corrected chi connectivity index (χ2v) is 6.33. The molecule has 0 aromatic rings. The summed E-state index contributed by atoms with van der Waals surface area (Å²) in [6.45, 7) is 12.3. The average Bonchev–Trinajstić information content (AvgIpc) is 2.76. The van der Waals surface area contributed by atoms with E-state index in [1.807, 2.05) is 6.92 Å². The van der Waals surface area contributed by atoms with Crippen molar-refractivity contribution in [3.05, 3.63) is 25.3 Å². The van der Waals surface area contributed by atoms with Gasteiger partial charge in [-0.25, -0.2) is 9.59 Å². The maximum atomic E-state index is 11.2. The largest absolute Gasteiger partial charge is 0.463 e. The van der Waals surface area contributed by atoms with Crippen LogP contribution in [-0.4, -0.2) is 77.4 Å². The molecule has 0 fully saturated rings. The molecule has 9 heteroatoms. The predicted octanol–water partition coefficient (Wildman–Crippen LogP) is 1.84. The Kier molecular flexibility index (Phi) is 16.3. The van der Waals surface area contributed by atoms with Gasteiger partial charge in [0.05, 0.1) is 39.6 Å². The van der Waals surface area contributed by atoms with Gasteiger partial charge in [-0.05, 0) is 6.42 Å². The number of carbonyl (C=O) groups is 3. The highest BCUT2D eigenvalue weighted by molar-refractivity contribution is 5.81. The molecule has 0 aliphatic heterocycles. The highest BCUT2D eigenvalue weighted by Gasteiger charge is 2.30. The lowest BCUT2D eigenvalue weighted by Gasteiger charge is -2.32. The first-order valence-corrected chi connectivity index (χ1v) is 9.90. The third-order valence-electron chi connectivity index (χ3n) is 4.03. The summed E-state index contributed by atoms with van der Waals surface area (Å²) in [5, 5.41) is 0. The summed E-state index contributed by atoms with van der Waals surface area (Å²) in [4.78, 5) is 33.3. The van der Waals surface area contributed by atoms with Crippen LogP contribution in [0.4, 0.5) is 0 Å². The number of carbonyl (C=O) groups excluding carboxylic acids is 3. The van der Waals surface area contributed by atoms with Crippen molar-refractivity contribution in [3.8, 4) is 0 Å². The van der Waals surface area contributed by atoms with Crippen LogP contribution in [0, 0.1) is 5.41 Å². The Bertz CT molecular complexity index is 501. The van der Waals surface area contributed by atoms with Gasteiger partial charge in [0.25, 0.3) is 0 Å². The predicted molar refractivity (Wildman–Crippen MR) is 109 cm³/mol. The van der Waals surface area contributed by atoms with E-state index >= 15 is 0 Å². The van der Waals surface area contributed by atoms with Gasteiger partial charge in [0.1, 0.15) is 19.8 Å². The maximum Gasteiger partial charge on any atom is 0.330 e. The fourth-order valence-corrected chi connectivity index (χ4v) is 2.13. The Morgan fingerprint density at radius 3 is 1.43 bits per heavy atom. The minimum absolute atomic E-state index is 0.108. The van der Waals surface area contributed by atoms with Gasteiger partial charge in [-0.15, -0.1) is 0 Å². The number of rotatable bonds is 19. The molecular formula is C21H34O9. The summed E-state index contributed by atoms with van der Waals surface area (Å²) >= 11 is 0. The molecule has 0 spiro atoms. The lowest BCUT2D eigenvalue weighted by atomic mass is 9.88. The maximum absolute atomic E-state index is 11.2. The SMILES string of the molecule is C=CC(=O)OCCOCC(CC)(COCCOC(=O)C=C)COCCOC(=O)CC. The molecule has 0 aromatic heterocycles. The van der Waals surface area contributed by atoms with E-state index in [0.29, 0.717) is 32.7 Å². The summed E-state index contributed by atoms with van der Waals surface area (Å²) in [6, 6.07) is 0. The highest BCUT2D eigenvalue weighted by Crippen LogP contribution is 2.24. The molecule has 0 aromatic carbocycles. The molecule has 0 heterocycles. The summed E-state index contributed by atoms with van der Waals surface area (Å²) in [5.74, 6) is -1.30. The molecule has 0 bridgehead atoms. The van der Waals surface area contributed by atoms with Crippen molar-refractivity contribution in [1.29, 1.82) is 0 Å². The lowest BCUT2D eigenvalue weighted by molar-refractivity contribution is -0.146. The molecule has 0 N–H and O–H groups in total. The van der Waals surface area contributed by atoms with E-state index in [0.717, 1.165) is 12.2 Å². The van der Waals surface area contributed by atoms with Gasteiger partial charge in [0, 0.05) is 24.0 Å². The third kappa shape index (κ3) is 13.9. The Labute approximate surface area is 178 Å². The molecule has 0 unspecified atom stereocenters. The van der Waals surface area contributed by atoms with Gasteiger partial charge in [0.15, 0.2) is 0 Å². The van der Waals surface area contributed by atoms with E-state index in [-0.39, 0.29) is 45.6 Å². The van der Waals surface area contributed by atoms with Crippen molar-refractivity contribution in [3.63, 3.8) is 0 Å². The van der Waals surface area contributed by atoms with E-state index < -0.39 is 17.4 Å². The molecule has 0 aliphatic carbocycles. The van der Waals surface area contributed by atoms with Crippen molar-refractivity contribution >= 4 is 17.9 Å². The van der Waals surface area contributed by atoms with E-state index in [4.69, 9.17) is 28.4 Å². The second-order valence-electron chi connectivity index (χ2n) is 6.33. The van der Waals surface area contributed by atoms with Crippen molar-refractivity contribution < 1.29 is 42.8 Å². The fourth-order valence-electron chi connectivity index (χ4n) is 2.13. The highest BCUT2D eigenvalue weighted by atomic mass is 16.6. The van der Waals surface area contributed by atoms with Crippen molar-refractivity contribution in [1.82, 2.24) is 0 Å². The van der Waals surface area contributed by atoms with Crippen LogP contribution in [-0.2, 0) is 42.8 Å². The van der Waals surface area contributed by atoms with Gasteiger partial charge in [-0.3, -0.25) is 4.79 Å². The van der Waals surface area contributed by atoms with Crippen LogP contribution in [0.1, 0.15) is 26.7 Å². The molecule has 0 amide bonds. The topological polar surface area (TPSA) is 107 Å². The molecule has 0 radical (unpaired) electrons. The van der Waals surface area contributed by atoms with Gasteiger partial charge in [-0.2, -0.15) is 0 Å². The minimum atomic E-state index is -0.511. The monoisotopic (exact) mass is 430 g/mol. The van der Waals surface area contributed by atoms with Crippen molar-refractivity contribution in [2.45, 2.75) is 26.7 Å². The summed E-state index contributed by atoms with van der Waals surface area (Å²) < 4.78 is 31.7. The molecule has 0 aliphatic rings. The molecule has 0 rings (SSSR count). The molecule has 0 saturated carbocycles. The minimum Gasteiger partial charge on any atom is -0.463 e. The van der Waals surface area contributed by atoms with Crippen LogP contribution < -0.4 is 0 Å². The van der Waals surface area contributed by atoms with Gasteiger partial charge >= 0.3 is 17.9 Å². The van der Waals surface area contributed by atoms with Crippen molar-refractivity contribution in [2.75, 3.05) is 59.5 Å². The molecule has 172 valence electrons. The molecule has 30 heavy (non-hydrogen) atoms. The molecule has 0 atom stereocenters. The zero-order valence-corrected chi connectivity index (χ0v) is 18.0. The zero-order chi connectivity index (χ0) is 22.7. The molecule has 9 nitrogen and oxygen atoms in total. The van der Waals surface area contributed by atoms with E-state index in [9.17, 15) is 14.4 Å².